The van der Waals surface area contributed by atoms with Gasteiger partial charge in [0.05, 0.1) is 12.6 Å². The first-order valence-corrected chi connectivity index (χ1v) is 9.20. The minimum Gasteiger partial charge on any atom is -0.359 e. The van der Waals surface area contributed by atoms with Crippen molar-refractivity contribution < 1.29 is 9.05 Å². The zero-order chi connectivity index (χ0) is 18.1. The Labute approximate surface area is 153 Å². The molecule has 3 heterocycles. The standard InChI is InChI=1S/C20H24N4O2/c1-13(2)19-21-20(26-23-19)18-5-4-10-24(18)12-16-11-17(22-25-16)15-8-6-14(3)7-9-15/h6-9,11,13,18H,4-5,10,12H2,1-3H3/t18-/m1/s1. The summed E-state index contributed by atoms with van der Waals surface area (Å²) in [5.41, 5.74) is 3.18. The van der Waals surface area contributed by atoms with Crippen LogP contribution >= 0.6 is 0 Å². The Morgan fingerprint density at radius 2 is 1.96 bits per heavy atom. The lowest BCUT2D eigenvalue weighted by Gasteiger charge is -2.19. The summed E-state index contributed by atoms with van der Waals surface area (Å²) in [6.45, 7) is 7.91. The predicted octanol–water partition coefficient (Wildman–Crippen LogP) is 4.49. The van der Waals surface area contributed by atoms with E-state index >= 15 is 0 Å². The molecule has 6 heteroatoms. The van der Waals surface area contributed by atoms with Crippen LogP contribution < -0.4 is 0 Å². The van der Waals surface area contributed by atoms with Crippen molar-refractivity contribution in [3.05, 3.63) is 53.4 Å². The summed E-state index contributed by atoms with van der Waals surface area (Å²) in [4.78, 5) is 6.91. The Bertz CT molecular complexity index is 866. The predicted molar refractivity (Wildman–Crippen MR) is 97.4 cm³/mol. The van der Waals surface area contributed by atoms with Crippen molar-refractivity contribution in [1.29, 1.82) is 0 Å². The number of hydrogen-bond donors (Lipinski definition) is 0. The van der Waals surface area contributed by atoms with Crippen LogP contribution in [0.3, 0.4) is 0 Å². The van der Waals surface area contributed by atoms with Crippen molar-refractivity contribution in [1.82, 2.24) is 20.2 Å². The molecule has 2 aromatic heterocycles. The normalized spacial score (nSPS) is 18.1. The largest absolute Gasteiger partial charge is 0.359 e. The van der Waals surface area contributed by atoms with Crippen LogP contribution in [0.15, 0.2) is 39.4 Å². The smallest absolute Gasteiger partial charge is 0.244 e. The van der Waals surface area contributed by atoms with Gasteiger partial charge in [-0.3, -0.25) is 4.90 Å². The minimum absolute atomic E-state index is 0.155. The van der Waals surface area contributed by atoms with Crippen molar-refractivity contribution in [2.75, 3.05) is 6.54 Å². The molecule has 3 aromatic rings. The number of aromatic nitrogens is 3. The summed E-state index contributed by atoms with van der Waals surface area (Å²) in [6, 6.07) is 10.5. The number of hydrogen-bond acceptors (Lipinski definition) is 6. The van der Waals surface area contributed by atoms with Gasteiger partial charge in [-0.05, 0) is 26.3 Å². The molecule has 1 aliphatic heterocycles. The summed E-state index contributed by atoms with van der Waals surface area (Å²) in [5.74, 6) is 2.61. The lowest BCUT2D eigenvalue weighted by atomic mass is 10.1. The molecule has 0 aliphatic carbocycles. The molecule has 1 atom stereocenters. The summed E-state index contributed by atoms with van der Waals surface area (Å²) in [5, 5.41) is 8.33. The molecule has 0 spiro atoms. The van der Waals surface area contributed by atoms with E-state index in [2.05, 4.69) is 65.2 Å². The Hall–Kier alpha value is -2.47. The Morgan fingerprint density at radius 1 is 1.15 bits per heavy atom. The third-order valence-electron chi connectivity index (χ3n) is 4.89. The van der Waals surface area contributed by atoms with Gasteiger partial charge >= 0.3 is 0 Å². The molecule has 1 aromatic carbocycles. The van der Waals surface area contributed by atoms with Crippen molar-refractivity contribution in [2.24, 2.45) is 0 Å². The monoisotopic (exact) mass is 352 g/mol. The van der Waals surface area contributed by atoms with Gasteiger partial charge in [0.1, 0.15) is 5.69 Å². The van der Waals surface area contributed by atoms with Crippen LogP contribution in [0.1, 0.15) is 61.7 Å². The van der Waals surface area contributed by atoms with Gasteiger partial charge in [0.15, 0.2) is 11.6 Å². The van der Waals surface area contributed by atoms with Gasteiger partial charge < -0.3 is 9.05 Å². The van der Waals surface area contributed by atoms with Gasteiger partial charge in [-0.1, -0.05) is 54.0 Å². The Kier molecular flexibility index (Phi) is 4.59. The molecule has 0 N–H and O–H groups in total. The van der Waals surface area contributed by atoms with Crippen molar-refractivity contribution in [3.8, 4) is 11.3 Å². The molecule has 0 unspecified atom stereocenters. The average Bonchev–Trinajstić information content (AvgIpc) is 3.35. The molecule has 0 amide bonds. The van der Waals surface area contributed by atoms with Crippen LogP contribution in [0.5, 0.6) is 0 Å². The second-order valence-corrected chi connectivity index (χ2v) is 7.32. The summed E-state index contributed by atoms with van der Waals surface area (Å²) >= 11 is 0. The lowest BCUT2D eigenvalue weighted by Crippen LogP contribution is -2.22. The molecule has 26 heavy (non-hydrogen) atoms. The Balaban J connectivity index is 1.48. The average molecular weight is 352 g/mol. The molecule has 1 fully saturated rings. The summed E-state index contributed by atoms with van der Waals surface area (Å²) < 4.78 is 11.1. The maximum Gasteiger partial charge on any atom is 0.244 e. The third-order valence-corrected chi connectivity index (χ3v) is 4.89. The highest BCUT2D eigenvalue weighted by Gasteiger charge is 2.31. The van der Waals surface area contributed by atoms with E-state index in [1.54, 1.807) is 0 Å². The maximum absolute atomic E-state index is 5.58. The Morgan fingerprint density at radius 3 is 2.69 bits per heavy atom. The highest BCUT2D eigenvalue weighted by Crippen LogP contribution is 2.33. The summed E-state index contributed by atoms with van der Waals surface area (Å²) in [6.07, 6.45) is 2.14. The first-order valence-electron chi connectivity index (χ1n) is 9.20. The third kappa shape index (κ3) is 3.42. The van der Waals surface area contributed by atoms with Gasteiger partial charge in [-0.15, -0.1) is 0 Å². The van der Waals surface area contributed by atoms with Crippen LogP contribution in [0.4, 0.5) is 0 Å². The molecule has 1 saturated heterocycles. The fourth-order valence-corrected chi connectivity index (χ4v) is 3.36. The van der Waals surface area contributed by atoms with Crippen LogP contribution in [0.25, 0.3) is 11.3 Å². The highest BCUT2D eigenvalue weighted by molar-refractivity contribution is 5.59. The minimum atomic E-state index is 0.155. The molecular weight excluding hydrogens is 328 g/mol. The number of rotatable bonds is 5. The van der Waals surface area contributed by atoms with E-state index in [-0.39, 0.29) is 12.0 Å². The van der Waals surface area contributed by atoms with Crippen LogP contribution in [-0.4, -0.2) is 26.7 Å². The van der Waals surface area contributed by atoms with Gasteiger partial charge in [0.25, 0.3) is 0 Å². The topological polar surface area (TPSA) is 68.2 Å². The van der Waals surface area contributed by atoms with Crippen LogP contribution in [0.2, 0.25) is 0 Å². The fourth-order valence-electron chi connectivity index (χ4n) is 3.36. The molecule has 6 nitrogen and oxygen atoms in total. The van der Waals surface area contributed by atoms with E-state index in [1.165, 1.54) is 5.56 Å². The van der Waals surface area contributed by atoms with Crippen molar-refractivity contribution in [3.63, 3.8) is 0 Å². The van der Waals surface area contributed by atoms with Gasteiger partial charge in [-0.2, -0.15) is 4.98 Å². The van der Waals surface area contributed by atoms with E-state index < -0.39 is 0 Å². The van der Waals surface area contributed by atoms with Crippen LogP contribution in [0, 0.1) is 6.92 Å². The highest BCUT2D eigenvalue weighted by atomic mass is 16.5. The molecular formula is C20H24N4O2. The first-order chi connectivity index (χ1) is 12.6. The van der Waals surface area contributed by atoms with E-state index in [4.69, 9.17) is 9.05 Å². The van der Waals surface area contributed by atoms with E-state index in [1.807, 2.05) is 6.07 Å². The second kappa shape index (κ2) is 7.03. The maximum atomic E-state index is 5.58. The van der Waals surface area contributed by atoms with E-state index in [0.29, 0.717) is 12.4 Å². The molecule has 136 valence electrons. The summed E-state index contributed by atoms with van der Waals surface area (Å²) in [7, 11) is 0. The number of benzene rings is 1. The molecule has 0 saturated carbocycles. The van der Waals surface area contributed by atoms with Gasteiger partial charge in [0.2, 0.25) is 5.89 Å². The van der Waals surface area contributed by atoms with Crippen molar-refractivity contribution in [2.45, 2.75) is 52.1 Å². The SMILES string of the molecule is Cc1ccc(-c2cc(CN3CCC[C@@H]3c3nc(C(C)C)no3)on2)cc1. The van der Waals surface area contributed by atoms with Gasteiger partial charge in [-0.25, -0.2) is 0 Å². The van der Waals surface area contributed by atoms with E-state index in [9.17, 15) is 0 Å². The molecule has 0 radical (unpaired) electrons. The quantitative estimate of drug-likeness (QED) is 0.674. The second-order valence-electron chi connectivity index (χ2n) is 7.32. The number of likely N-dealkylation sites (tertiary alicyclic amines) is 1. The number of nitrogens with zero attached hydrogens (tertiary/aromatic N) is 4. The van der Waals surface area contributed by atoms with Crippen molar-refractivity contribution >= 4 is 0 Å². The van der Waals surface area contributed by atoms with Gasteiger partial charge in [0, 0.05) is 17.5 Å². The van der Waals surface area contributed by atoms with E-state index in [0.717, 1.165) is 42.2 Å². The lowest BCUT2D eigenvalue weighted by molar-refractivity contribution is 0.182. The zero-order valence-corrected chi connectivity index (χ0v) is 15.5. The number of aryl methyl sites for hydroxylation is 1. The first kappa shape index (κ1) is 17.0. The fraction of sp³-hybridized carbons (Fsp3) is 0.450. The molecule has 1 aliphatic rings. The molecule has 0 bridgehead atoms. The van der Waals surface area contributed by atoms with Crippen LogP contribution in [-0.2, 0) is 6.54 Å². The molecule has 4 rings (SSSR count). The zero-order valence-electron chi connectivity index (χ0n) is 15.5.